The van der Waals surface area contributed by atoms with Crippen molar-refractivity contribution < 1.29 is 14.3 Å². The molecule has 0 spiro atoms. The van der Waals surface area contributed by atoms with Crippen LogP contribution in [0.2, 0.25) is 0 Å². The fourth-order valence-corrected chi connectivity index (χ4v) is 5.30. The van der Waals surface area contributed by atoms with Crippen LogP contribution in [0, 0.1) is 11.8 Å². The van der Waals surface area contributed by atoms with Crippen LogP contribution in [-0.2, 0) is 22.6 Å². The zero-order valence-corrected chi connectivity index (χ0v) is 20.1. The van der Waals surface area contributed by atoms with Crippen molar-refractivity contribution in [2.24, 2.45) is 11.8 Å². The predicted octanol–water partition coefficient (Wildman–Crippen LogP) is 2.66. The number of imidazole rings is 1. The number of aromatic nitrogens is 2. The van der Waals surface area contributed by atoms with E-state index in [-0.39, 0.29) is 29.7 Å². The van der Waals surface area contributed by atoms with Crippen LogP contribution in [0.15, 0.2) is 36.8 Å². The minimum absolute atomic E-state index is 0.0488. The van der Waals surface area contributed by atoms with Crippen molar-refractivity contribution in [3.8, 4) is 5.75 Å². The molecule has 1 saturated carbocycles. The maximum Gasteiger partial charge on any atom is 0.224 e. The van der Waals surface area contributed by atoms with Crippen molar-refractivity contribution in [2.45, 2.75) is 57.5 Å². The highest BCUT2D eigenvalue weighted by molar-refractivity contribution is 5.84. The van der Waals surface area contributed by atoms with Crippen molar-refractivity contribution in [3.05, 3.63) is 48.0 Å². The Bertz CT molecular complexity index is 932. The van der Waals surface area contributed by atoms with E-state index in [9.17, 15) is 9.59 Å². The van der Waals surface area contributed by atoms with E-state index in [1.165, 1.54) is 5.56 Å². The van der Waals surface area contributed by atoms with Crippen molar-refractivity contribution in [1.29, 1.82) is 0 Å². The molecule has 1 aromatic heterocycles. The third-order valence-corrected chi connectivity index (χ3v) is 7.15. The summed E-state index contributed by atoms with van der Waals surface area (Å²) in [7, 11) is 1.68. The van der Waals surface area contributed by atoms with Crippen LogP contribution in [0.25, 0.3) is 0 Å². The van der Waals surface area contributed by atoms with Gasteiger partial charge in [0.1, 0.15) is 5.75 Å². The first-order valence-electron chi connectivity index (χ1n) is 12.5. The Labute approximate surface area is 201 Å². The van der Waals surface area contributed by atoms with Crippen molar-refractivity contribution in [2.75, 3.05) is 26.7 Å². The first kappa shape index (κ1) is 24.3. The second-order valence-corrected chi connectivity index (χ2v) is 9.49. The van der Waals surface area contributed by atoms with Gasteiger partial charge < -0.3 is 20.4 Å². The molecule has 0 radical (unpaired) electrons. The van der Waals surface area contributed by atoms with Crippen LogP contribution < -0.4 is 15.4 Å². The molecule has 2 heterocycles. The third kappa shape index (κ3) is 6.38. The lowest BCUT2D eigenvalue weighted by molar-refractivity contribution is -0.126. The Morgan fingerprint density at radius 3 is 2.94 bits per heavy atom. The summed E-state index contributed by atoms with van der Waals surface area (Å²) in [6, 6.07) is 8.18. The van der Waals surface area contributed by atoms with Gasteiger partial charge in [-0.3, -0.25) is 14.5 Å². The predicted molar refractivity (Wildman–Crippen MR) is 130 cm³/mol. The number of aromatic amines is 1. The molecule has 2 amide bonds. The summed E-state index contributed by atoms with van der Waals surface area (Å²) in [6.07, 6.45) is 9.83. The van der Waals surface area contributed by atoms with Gasteiger partial charge in [-0.05, 0) is 49.9 Å². The van der Waals surface area contributed by atoms with E-state index in [2.05, 4.69) is 37.6 Å². The number of hydrogen-bond donors (Lipinski definition) is 3. The number of nitrogens with zero attached hydrogens (tertiary/aromatic N) is 2. The van der Waals surface area contributed by atoms with E-state index in [0.717, 1.165) is 56.8 Å². The molecule has 1 aromatic carbocycles. The lowest BCUT2D eigenvalue weighted by Gasteiger charge is -2.32. The molecule has 2 aromatic rings. The average Bonchev–Trinajstić information content (AvgIpc) is 3.52. The topological polar surface area (TPSA) is 99.3 Å². The first-order valence-corrected chi connectivity index (χ1v) is 12.5. The summed E-state index contributed by atoms with van der Waals surface area (Å²) in [4.78, 5) is 35.7. The third-order valence-electron chi connectivity index (χ3n) is 7.15. The number of benzene rings is 1. The van der Waals surface area contributed by atoms with Gasteiger partial charge in [0.2, 0.25) is 11.8 Å². The number of fused-ring (bicyclic) bond motifs is 1. The Balaban J connectivity index is 1.47. The standard InChI is InChI=1S/C26H37N5O3/c1-34-22-8-6-7-19(13-22)17-31-12-5-3-2-4-10-28-26(33)23-14-20(15-24(23)31)25(32)29-11-9-21-16-27-18-30-21/h6-8,13,16,18,20,23-24H,2-5,9-12,14-15,17H2,1H3,(H,27,30)(H,28,33)(H,29,32)/t20-,23-,24+/m1/s1. The smallest absolute Gasteiger partial charge is 0.224 e. The summed E-state index contributed by atoms with van der Waals surface area (Å²) < 4.78 is 5.42. The molecule has 2 aliphatic rings. The van der Waals surface area contributed by atoms with E-state index in [1.807, 2.05) is 12.1 Å². The molecule has 34 heavy (non-hydrogen) atoms. The second kappa shape index (κ2) is 12.0. The van der Waals surface area contributed by atoms with E-state index in [0.29, 0.717) is 25.8 Å². The van der Waals surface area contributed by atoms with Crippen LogP contribution in [0.1, 0.15) is 49.8 Å². The van der Waals surface area contributed by atoms with Crippen LogP contribution in [0.4, 0.5) is 0 Å². The Hall–Kier alpha value is -2.87. The molecule has 0 unspecified atom stereocenters. The van der Waals surface area contributed by atoms with Crippen LogP contribution in [-0.4, -0.2) is 59.5 Å². The lowest BCUT2D eigenvalue weighted by Crippen LogP contribution is -2.44. The highest BCUT2D eigenvalue weighted by atomic mass is 16.5. The highest BCUT2D eigenvalue weighted by Gasteiger charge is 2.44. The normalized spacial score (nSPS) is 24.0. The zero-order valence-electron chi connectivity index (χ0n) is 20.1. The molecule has 3 N–H and O–H groups in total. The number of H-pyrrole nitrogens is 1. The van der Waals surface area contributed by atoms with Gasteiger partial charge in [0.25, 0.3) is 0 Å². The molecule has 1 aliphatic carbocycles. The number of hydrogen-bond acceptors (Lipinski definition) is 5. The Morgan fingerprint density at radius 1 is 1.24 bits per heavy atom. The Morgan fingerprint density at radius 2 is 2.12 bits per heavy atom. The molecule has 0 bridgehead atoms. The number of ether oxygens (including phenoxy) is 1. The van der Waals surface area contributed by atoms with Crippen molar-refractivity contribution in [3.63, 3.8) is 0 Å². The molecule has 4 rings (SSSR count). The molecule has 1 aliphatic heterocycles. The number of rotatable bonds is 7. The number of carbonyl (C=O) groups excluding carboxylic acids is 2. The molecular weight excluding hydrogens is 430 g/mol. The summed E-state index contributed by atoms with van der Waals surface area (Å²) >= 11 is 0. The largest absolute Gasteiger partial charge is 0.497 e. The minimum atomic E-state index is -0.174. The highest BCUT2D eigenvalue weighted by Crippen LogP contribution is 2.36. The van der Waals surface area contributed by atoms with E-state index in [4.69, 9.17) is 4.74 Å². The Kier molecular flexibility index (Phi) is 8.57. The maximum absolute atomic E-state index is 13.2. The van der Waals surface area contributed by atoms with Gasteiger partial charge in [-0.25, -0.2) is 4.98 Å². The van der Waals surface area contributed by atoms with E-state index < -0.39 is 0 Å². The molecule has 8 heteroatoms. The van der Waals surface area contributed by atoms with Gasteiger partial charge in [-0.15, -0.1) is 0 Å². The number of nitrogens with one attached hydrogen (secondary N) is 3. The molecule has 1 saturated heterocycles. The summed E-state index contributed by atoms with van der Waals surface area (Å²) in [5.74, 6) is 0.652. The SMILES string of the molecule is COc1cccc(CN2CCCCCCNC(=O)[C@@H]3C[C@@H](C(=O)NCCc4cnc[nH]4)C[C@@H]32)c1. The summed E-state index contributed by atoms with van der Waals surface area (Å²) in [6.45, 7) is 2.96. The van der Waals surface area contributed by atoms with Crippen molar-refractivity contribution in [1.82, 2.24) is 25.5 Å². The average molecular weight is 468 g/mol. The quantitative estimate of drug-likeness (QED) is 0.581. The summed E-state index contributed by atoms with van der Waals surface area (Å²) in [5, 5.41) is 6.23. The van der Waals surface area contributed by atoms with Gasteiger partial charge in [-0.1, -0.05) is 25.0 Å². The zero-order chi connectivity index (χ0) is 23.8. The number of amides is 2. The van der Waals surface area contributed by atoms with Gasteiger partial charge >= 0.3 is 0 Å². The lowest BCUT2D eigenvalue weighted by atomic mass is 9.99. The molecular formula is C26H37N5O3. The number of carbonyl (C=O) groups is 2. The number of methoxy groups -OCH3 is 1. The van der Waals surface area contributed by atoms with Crippen LogP contribution in [0.3, 0.4) is 0 Å². The van der Waals surface area contributed by atoms with Crippen molar-refractivity contribution >= 4 is 11.8 Å². The first-order chi connectivity index (χ1) is 16.6. The van der Waals surface area contributed by atoms with E-state index in [1.54, 1.807) is 19.6 Å². The van der Waals surface area contributed by atoms with Gasteiger partial charge in [0.15, 0.2) is 0 Å². The van der Waals surface area contributed by atoms with E-state index >= 15 is 0 Å². The van der Waals surface area contributed by atoms with Gasteiger partial charge in [0.05, 0.1) is 19.4 Å². The van der Waals surface area contributed by atoms with Gasteiger partial charge in [-0.2, -0.15) is 0 Å². The van der Waals surface area contributed by atoms with Gasteiger partial charge in [0, 0.05) is 49.9 Å². The molecule has 184 valence electrons. The maximum atomic E-state index is 13.2. The fraction of sp³-hybridized carbons (Fsp3) is 0.577. The monoisotopic (exact) mass is 467 g/mol. The summed E-state index contributed by atoms with van der Waals surface area (Å²) in [5.41, 5.74) is 2.17. The van der Waals surface area contributed by atoms with Crippen LogP contribution >= 0.6 is 0 Å². The fourth-order valence-electron chi connectivity index (χ4n) is 5.30. The molecule has 3 atom stereocenters. The second-order valence-electron chi connectivity index (χ2n) is 9.49. The van der Waals surface area contributed by atoms with Crippen LogP contribution in [0.5, 0.6) is 5.75 Å². The molecule has 2 fully saturated rings. The molecule has 8 nitrogen and oxygen atoms in total. The minimum Gasteiger partial charge on any atom is -0.497 e.